The van der Waals surface area contributed by atoms with Crippen molar-refractivity contribution in [2.24, 2.45) is 0 Å². The van der Waals surface area contributed by atoms with Crippen molar-refractivity contribution in [3.63, 3.8) is 0 Å². The third kappa shape index (κ3) is 4.30. The van der Waals surface area contributed by atoms with E-state index in [9.17, 15) is 9.59 Å². The Balaban J connectivity index is 1.55. The number of anilines is 1. The Kier molecular flexibility index (Phi) is 5.43. The number of rotatable bonds is 6. The molecule has 150 valence electrons. The zero-order valence-corrected chi connectivity index (χ0v) is 16.2. The van der Waals surface area contributed by atoms with Crippen molar-refractivity contribution in [1.29, 1.82) is 0 Å². The van der Waals surface area contributed by atoms with Crippen molar-refractivity contribution >= 4 is 17.7 Å². The van der Waals surface area contributed by atoms with Crippen LogP contribution < -0.4 is 5.32 Å². The lowest BCUT2D eigenvalue weighted by molar-refractivity contribution is -0.119. The number of furan rings is 1. The highest BCUT2D eigenvalue weighted by Crippen LogP contribution is 2.25. The quantitative estimate of drug-likeness (QED) is 0.489. The molecule has 0 fully saturated rings. The molecule has 30 heavy (non-hydrogen) atoms. The van der Waals surface area contributed by atoms with E-state index in [0.29, 0.717) is 11.5 Å². The molecule has 0 aliphatic rings. The second kappa shape index (κ2) is 8.48. The van der Waals surface area contributed by atoms with E-state index in [1.165, 1.54) is 12.3 Å². The highest BCUT2D eigenvalue weighted by Gasteiger charge is 2.16. The summed E-state index contributed by atoms with van der Waals surface area (Å²) < 4.78 is 11.6. The van der Waals surface area contributed by atoms with Crippen molar-refractivity contribution in [3.8, 4) is 16.9 Å². The molecule has 2 aromatic carbocycles. The highest BCUT2D eigenvalue weighted by molar-refractivity contribution is 5.94. The first-order valence-corrected chi connectivity index (χ1v) is 9.33. The van der Waals surface area contributed by atoms with Gasteiger partial charge in [-0.15, -0.1) is 0 Å². The van der Waals surface area contributed by atoms with E-state index in [4.69, 9.17) is 9.15 Å². The van der Waals surface area contributed by atoms with Crippen LogP contribution in [0.3, 0.4) is 0 Å². The molecule has 0 aliphatic carbocycles. The maximum absolute atomic E-state index is 12.4. The molecule has 0 bridgehead atoms. The zero-order valence-electron chi connectivity index (χ0n) is 16.2. The number of esters is 1. The minimum atomic E-state index is -0.702. The lowest BCUT2D eigenvalue weighted by atomic mass is 10.1. The Bertz CT molecular complexity index is 1150. The average molecular weight is 401 g/mol. The Morgan fingerprint density at radius 3 is 2.50 bits per heavy atom. The minimum absolute atomic E-state index is 0.0405. The van der Waals surface area contributed by atoms with Gasteiger partial charge in [0.25, 0.3) is 5.91 Å². The molecule has 0 unspecified atom stereocenters. The number of carbonyl (C=O) groups is 2. The van der Waals surface area contributed by atoms with Gasteiger partial charge in [-0.3, -0.25) is 4.79 Å². The molecular formula is C23H19N3O4. The van der Waals surface area contributed by atoms with Gasteiger partial charge in [-0.05, 0) is 31.2 Å². The summed E-state index contributed by atoms with van der Waals surface area (Å²) in [5.74, 6) is -0.677. The van der Waals surface area contributed by atoms with E-state index >= 15 is 0 Å². The maximum atomic E-state index is 12.4. The Labute approximate surface area is 172 Å². The fraction of sp³-hybridized carbons (Fsp3) is 0.0870. The van der Waals surface area contributed by atoms with Gasteiger partial charge in [0.15, 0.2) is 6.61 Å². The zero-order chi connectivity index (χ0) is 20.9. The lowest BCUT2D eigenvalue weighted by Gasteiger charge is -2.09. The Morgan fingerprint density at radius 2 is 1.80 bits per heavy atom. The smallest absolute Gasteiger partial charge is 0.374 e. The normalized spacial score (nSPS) is 10.6. The molecule has 2 aromatic heterocycles. The number of aryl methyl sites for hydroxylation is 1. The van der Waals surface area contributed by atoms with Gasteiger partial charge in [0.1, 0.15) is 5.82 Å². The molecule has 7 heteroatoms. The summed E-state index contributed by atoms with van der Waals surface area (Å²) in [6.07, 6.45) is 1.36. The first-order valence-electron chi connectivity index (χ1n) is 9.33. The van der Waals surface area contributed by atoms with Crippen LogP contribution in [0.5, 0.6) is 0 Å². The number of aromatic nitrogens is 2. The van der Waals surface area contributed by atoms with Crippen molar-refractivity contribution in [1.82, 2.24) is 9.78 Å². The van der Waals surface area contributed by atoms with Gasteiger partial charge in [0.05, 0.1) is 17.6 Å². The van der Waals surface area contributed by atoms with Gasteiger partial charge < -0.3 is 14.5 Å². The Hall–Kier alpha value is -4.13. The SMILES string of the molecule is Cc1ccc(-c2cc(NC(=O)COC(=O)c3ccco3)n(-c3ccccc3)n2)cc1. The monoisotopic (exact) mass is 401 g/mol. The third-order valence-corrected chi connectivity index (χ3v) is 4.38. The van der Waals surface area contributed by atoms with Crippen LogP contribution in [-0.4, -0.2) is 28.3 Å². The van der Waals surface area contributed by atoms with E-state index in [0.717, 1.165) is 16.8 Å². The van der Waals surface area contributed by atoms with Gasteiger partial charge in [0, 0.05) is 11.6 Å². The number of hydrogen-bond donors (Lipinski definition) is 1. The van der Waals surface area contributed by atoms with Gasteiger partial charge in [-0.1, -0.05) is 48.0 Å². The summed E-state index contributed by atoms with van der Waals surface area (Å²) >= 11 is 0. The third-order valence-electron chi connectivity index (χ3n) is 4.38. The van der Waals surface area contributed by atoms with Crippen LogP contribution in [0.2, 0.25) is 0 Å². The first kappa shape index (κ1) is 19.2. The van der Waals surface area contributed by atoms with E-state index < -0.39 is 18.5 Å². The maximum Gasteiger partial charge on any atom is 0.374 e. The van der Waals surface area contributed by atoms with Gasteiger partial charge >= 0.3 is 5.97 Å². The van der Waals surface area contributed by atoms with Gasteiger partial charge in [-0.2, -0.15) is 5.10 Å². The molecule has 4 aromatic rings. The molecule has 0 aliphatic heterocycles. The first-order chi connectivity index (χ1) is 14.6. The molecule has 1 amide bonds. The predicted molar refractivity (Wildman–Crippen MR) is 111 cm³/mol. The van der Waals surface area contributed by atoms with Crippen LogP contribution in [0, 0.1) is 6.92 Å². The van der Waals surface area contributed by atoms with Gasteiger partial charge in [0.2, 0.25) is 5.76 Å². The number of nitrogens with one attached hydrogen (secondary N) is 1. The van der Waals surface area contributed by atoms with Crippen molar-refractivity contribution < 1.29 is 18.7 Å². The Morgan fingerprint density at radius 1 is 1.03 bits per heavy atom. The summed E-state index contributed by atoms with van der Waals surface area (Å²) in [5.41, 5.74) is 3.57. The highest BCUT2D eigenvalue weighted by atomic mass is 16.5. The number of benzene rings is 2. The van der Waals surface area contributed by atoms with Crippen LogP contribution in [0.1, 0.15) is 16.1 Å². The summed E-state index contributed by atoms with van der Waals surface area (Å²) in [5, 5.41) is 7.41. The second-order valence-corrected chi connectivity index (χ2v) is 6.63. The van der Waals surface area contributed by atoms with Crippen LogP contribution in [0.15, 0.2) is 83.5 Å². The number of nitrogens with zero attached hydrogens (tertiary/aromatic N) is 2. The molecule has 0 saturated carbocycles. The number of carbonyl (C=O) groups excluding carboxylic acids is 2. The molecule has 4 rings (SSSR count). The van der Waals surface area contributed by atoms with Crippen LogP contribution in [0.25, 0.3) is 16.9 Å². The number of hydrogen-bond acceptors (Lipinski definition) is 5. The van der Waals surface area contributed by atoms with E-state index in [1.54, 1.807) is 16.8 Å². The molecule has 1 N–H and O–H groups in total. The molecule has 0 atom stereocenters. The molecule has 0 spiro atoms. The topological polar surface area (TPSA) is 86.4 Å². The second-order valence-electron chi connectivity index (χ2n) is 6.63. The predicted octanol–water partition coefficient (Wildman–Crippen LogP) is 4.24. The minimum Gasteiger partial charge on any atom is -0.457 e. The number of para-hydroxylation sites is 1. The fourth-order valence-electron chi connectivity index (χ4n) is 2.88. The summed E-state index contributed by atoms with van der Waals surface area (Å²) in [7, 11) is 0. The summed E-state index contributed by atoms with van der Waals surface area (Å²) in [6, 6.07) is 22.2. The molecule has 0 radical (unpaired) electrons. The average Bonchev–Trinajstić information content (AvgIpc) is 3.44. The van der Waals surface area contributed by atoms with Crippen molar-refractivity contribution in [2.75, 3.05) is 11.9 Å². The number of ether oxygens (including phenoxy) is 1. The van der Waals surface area contributed by atoms with E-state index in [2.05, 4.69) is 10.4 Å². The van der Waals surface area contributed by atoms with Crippen molar-refractivity contribution in [3.05, 3.63) is 90.4 Å². The standard InChI is InChI=1S/C23H19N3O4/c1-16-9-11-17(12-10-16)19-14-21(26(25-19)18-6-3-2-4-7-18)24-22(27)15-30-23(28)20-8-5-13-29-20/h2-14H,15H2,1H3,(H,24,27). The van der Waals surface area contributed by atoms with E-state index in [1.807, 2.05) is 61.5 Å². The van der Waals surface area contributed by atoms with Crippen LogP contribution >= 0.6 is 0 Å². The fourth-order valence-corrected chi connectivity index (χ4v) is 2.88. The van der Waals surface area contributed by atoms with Gasteiger partial charge in [-0.25, -0.2) is 9.48 Å². The number of amides is 1. The lowest BCUT2D eigenvalue weighted by Crippen LogP contribution is -2.22. The molecule has 0 saturated heterocycles. The van der Waals surface area contributed by atoms with Crippen LogP contribution in [0.4, 0.5) is 5.82 Å². The molecular weight excluding hydrogens is 382 g/mol. The van der Waals surface area contributed by atoms with Crippen molar-refractivity contribution in [2.45, 2.75) is 6.92 Å². The molecule has 7 nitrogen and oxygen atoms in total. The summed E-state index contributed by atoms with van der Waals surface area (Å²) in [6.45, 7) is 1.57. The summed E-state index contributed by atoms with van der Waals surface area (Å²) in [4.78, 5) is 24.3. The molecule has 2 heterocycles. The van der Waals surface area contributed by atoms with E-state index in [-0.39, 0.29) is 5.76 Å². The van der Waals surface area contributed by atoms with Crippen LogP contribution in [-0.2, 0) is 9.53 Å². The largest absolute Gasteiger partial charge is 0.457 e.